The molecule has 2 aromatic heterocycles. The average Bonchev–Trinajstić information content (AvgIpc) is 2.81. The van der Waals surface area contributed by atoms with Gasteiger partial charge in [-0.05, 0) is 43.5 Å². The van der Waals surface area contributed by atoms with Crippen molar-refractivity contribution in [3.8, 4) is 0 Å². The van der Waals surface area contributed by atoms with Crippen LogP contribution >= 0.6 is 0 Å². The lowest BCUT2D eigenvalue weighted by Gasteiger charge is -2.27. The van der Waals surface area contributed by atoms with E-state index in [9.17, 15) is 14.4 Å². The molecular formula is C24H26FN5O3. The minimum Gasteiger partial charge on any atom is -0.354 e. The highest BCUT2D eigenvalue weighted by atomic mass is 19.1. The number of H-pyrrole nitrogens is 1. The molecule has 1 aromatic carbocycles. The molecule has 1 amide bonds. The smallest absolute Gasteiger partial charge is 0.328 e. The maximum absolute atomic E-state index is 15.1. The number of nitrogens with zero attached hydrogens (tertiary/aromatic N) is 3. The van der Waals surface area contributed by atoms with Crippen molar-refractivity contribution in [3.63, 3.8) is 0 Å². The van der Waals surface area contributed by atoms with Gasteiger partial charge in [0, 0.05) is 44.5 Å². The Labute approximate surface area is 189 Å². The van der Waals surface area contributed by atoms with E-state index < -0.39 is 17.1 Å². The van der Waals surface area contributed by atoms with Crippen LogP contribution in [-0.2, 0) is 13.1 Å². The number of pyridine rings is 1. The molecular weight excluding hydrogens is 425 g/mol. The van der Waals surface area contributed by atoms with E-state index in [1.54, 1.807) is 32.2 Å². The van der Waals surface area contributed by atoms with Crippen LogP contribution in [0, 0.1) is 12.7 Å². The lowest BCUT2D eigenvalue weighted by molar-refractivity contribution is 0.0958. The number of carbonyl (C=O) groups is 1. The second-order valence-corrected chi connectivity index (χ2v) is 8.06. The molecule has 0 radical (unpaired) electrons. The molecule has 3 aromatic rings. The van der Waals surface area contributed by atoms with Crippen molar-refractivity contribution in [2.24, 2.45) is 0 Å². The lowest BCUT2D eigenvalue weighted by atomic mass is 9.97. The topological polar surface area (TPSA) is 100 Å². The van der Waals surface area contributed by atoms with Crippen LogP contribution in [0.3, 0.4) is 0 Å². The first-order valence-corrected chi connectivity index (χ1v) is 10.9. The number of amides is 1. The van der Waals surface area contributed by atoms with E-state index in [-0.39, 0.29) is 23.4 Å². The van der Waals surface area contributed by atoms with Crippen LogP contribution in [0.4, 0.5) is 4.39 Å². The summed E-state index contributed by atoms with van der Waals surface area (Å²) in [6, 6.07) is 6.82. The SMILES string of the molecule is CCn1c(=O)[nH]c2c(F)c(CN3CC=C(c4ccc(C(=O)NC)nc4C)CC3)ccc2c1=O. The molecule has 4 rings (SSSR count). The molecule has 0 aliphatic carbocycles. The number of halogens is 1. The van der Waals surface area contributed by atoms with Gasteiger partial charge in [0.1, 0.15) is 5.69 Å². The summed E-state index contributed by atoms with van der Waals surface area (Å²) in [7, 11) is 1.57. The van der Waals surface area contributed by atoms with E-state index in [1.807, 2.05) is 13.0 Å². The van der Waals surface area contributed by atoms with Gasteiger partial charge < -0.3 is 10.3 Å². The van der Waals surface area contributed by atoms with Crippen LogP contribution < -0.4 is 16.6 Å². The van der Waals surface area contributed by atoms with E-state index in [0.717, 1.165) is 27.8 Å². The summed E-state index contributed by atoms with van der Waals surface area (Å²) in [4.78, 5) is 45.3. The van der Waals surface area contributed by atoms with Gasteiger partial charge in [0.05, 0.1) is 10.9 Å². The Hall–Kier alpha value is -3.59. The molecule has 172 valence electrons. The van der Waals surface area contributed by atoms with Crippen molar-refractivity contribution in [2.75, 3.05) is 20.1 Å². The number of aryl methyl sites for hydroxylation is 1. The first kappa shape index (κ1) is 22.6. The molecule has 8 nitrogen and oxygen atoms in total. The minimum absolute atomic E-state index is 0.0432. The Balaban J connectivity index is 1.54. The summed E-state index contributed by atoms with van der Waals surface area (Å²) in [5.74, 6) is -0.787. The summed E-state index contributed by atoms with van der Waals surface area (Å²) in [6.07, 6.45) is 2.85. The third-order valence-electron chi connectivity index (χ3n) is 6.07. The van der Waals surface area contributed by atoms with Gasteiger partial charge in [-0.3, -0.25) is 19.1 Å². The summed E-state index contributed by atoms with van der Waals surface area (Å²) in [6.45, 7) is 5.49. The van der Waals surface area contributed by atoms with Crippen LogP contribution in [0.25, 0.3) is 16.5 Å². The van der Waals surface area contributed by atoms with Crippen molar-refractivity contribution in [1.82, 2.24) is 24.8 Å². The maximum Gasteiger partial charge on any atom is 0.328 e. The highest BCUT2D eigenvalue weighted by Gasteiger charge is 2.19. The number of carbonyl (C=O) groups excluding carboxylic acids is 1. The molecule has 0 saturated carbocycles. The molecule has 1 aliphatic rings. The fourth-order valence-electron chi connectivity index (χ4n) is 4.24. The van der Waals surface area contributed by atoms with Crippen LogP contribution in [0.2, 0.25) is 0 Å². The number of hydrogen-bond donors (Lipinski definition) is 2. The van der Waals surface area contributed by atoms with Crippen molar-refractivity contribution >= 4 is 22.4 Å². The fraction of sp³-hybridized carbons (Fsp3) is 0.333. The monoisotopic (exact) mass is 451 g/mol. The van der Waals surface area contributed by atoms with Gasteiger partial charge >= 0.3 is 5.69 Å². The van der Waals surface area contributed by atoms with Gasteiger partial charge in [-0.2, -0.15) is 0 Å². The molecule has 33 heavy (non-hydrogen) atoms. The number of rotatable bonds is 5. The van der Waals surface area contributed by atoms with E-state index >= 15 is 4.39 Å². The summed E-state index contributed by atoms with van der Waals surface area (Å²) in [5, 5.41) is 2.74. The average molecular weight is 452 g/mol. The van der Waals surface area contributed by atoms with Crippen LogP contribution in [0.1, 0.15) is 40.7 Å². The molecule has 3 heterocycles. The molecule has 0 spiro atoms. The zero-order valence-electron chi connectivity index (χ0n) is 18.9. The van der Waals surface area contributed by atoms with Crippen molar-refractivity contribution < 1.29 is 9.18 Å². The highest BCUT2D eigenvalue weighted by molar-refractivity contribution is 5.92. The zero-order valence-corrected chi connectivity index (χ0v) is 18.9. The van der Waals surface area contributed by atoms with E-state index in [1.165, 1.54) is 0 Å². The number of nitrogens with one attached hydrogen (secondary N) is 2. The van der Waals surface area contributed by atoms with E-state index in [0.29, 0.717) is 30.9 Å². The van der Waals surface area contributed by atoms with E-state index in [2.05, 4.69) is 26.3 Å². The van der Waals surface area contributed by atoms with Crippen LogP contribution in [0.5, 0.6) is 0 Å². The molecule has 0 atom stereocenters. The van der Waals surface area contributed by atoms with Gasteiger partial charge in [-0.1, -0.05) is 18.2 Å². The Morgan fingerprint density at radius 3 is 2.67 bits per heavy atom. The second-order valence-electron chi connectivity index (χ2n) is 8.06. The van der Waals surface area contributed by atoms with Gasteiger partial charge in [0.2, 0.25) is 0 Å². The summed E-state index contributed by atoms with van der Waals surface area (Å²) >= 11 is 0. The summed E-state index contributed by atoms with van der Waals surface area (Å²) < 4.78 is 16.2. The Morgan fingerprint density at radius 2 is 2.03 bits per heavy atom. The Bertz CT molecular complexity index is 1390. The second kappa shape index (κ2) is 9.11. The van der Waals surface area contributed by atoms with Gasteiger partial charge in [-0.15, -0.1) is 0 Å². The number of fused-ring (bicyclic) bond motifs is 1. The van der Waals surface area contributed by atoms with Gasteiger partial charge in [0.25, 0.3) is 11.5 Å². The first-order chi connectivity index (χ1) is 15.8. The van der Waals surface area contributed by atoms with Crippen molar-refractivity contribution in [3.05, 3.63) is 79.5 Å². The largest absolute Gasteiger partial charge is 0.354 e. The van der Waals surface area contributed by atoms with Gasteiger partial charge in [0.15, 0.2) is 5.82 Å². The fourth-order valence-corrected chi connectivity index (χ4v) is 4.24. The third-order valence-corrected chi connectivity index (χ3v) is 6.07. The first-order valence-electron chi connectivity index (χ1n) is 10.9. The minimum atomic E-state index is -0.608. The Morgan fingerprint density at radius 1 is 1.24 bits per heavy atom. The number of aromatic amines is 1. The van der Waals surface area contributed by atoms with Gasteiger partial charge in [-0.25, -0.2) is 14.2 Å². The molecule has 0 saturated heterocycles. The highest BCUT2D eigenvalue weighted by Crippen LogP contribution is 2.26. The summed E-state index contributed by atoms with van der Waals surface area (Å²) in [5.41, 5.74) is 2.61. The standard InChI is InChI=1S/C24H26FN5O3/c1-4-30-23(32)18-6-5-16(20(25)21(18)28-24(30)33)13-29-11-9-15(10-12-29)17-7-8-19(22(31)26-3)27-14(17)2/h5-9H,4,10-13H2,1-3H3,(H,26,31)(H,28,33). The predicted octanol–water partition coefficient (Wildman–Crippen LogP) is 2.20. The molecule has 0 fully saturated rings. The number of aromatic nitrogens is 3. The third kappa shape index (κ3) is 4.23. The zero-order chi connectivity index (χ0) is 23.7. The molecule has 9 heteroatoms. The van der Waals surface area contributed by atoms with Crippen LogP contribution in [0.15, 0.2) is 39.9 Å². The molecule has 2 N–H and O–H groups in total. The molecule has 0 unspecified atom stereocenters. The van der Waals surface area contributed by atoms with Crippen molar-refractivity contribution in [2.45, 2.75) is 33.4 Å². The maximum atomic E-state index is 15.1. The van der Waals surface area contributed by atoms with E-state index in [4.69, 9.17) is 0 Å². The normalized spacial score (nSPS) is 14.4. The molecule has 1 aliphatic heterocycles. The molecule has 0 bridgehead atoms. The van der Waals surface area contributed by atoms with Crippen molar-refractivity contribution in [1.29, 1.82) is 0 Å². The number of benzene rings is 1. The Kier molecular flexibility index (Phi) is 6.24. The quantitative estimate of drug-likeness (QED) is 0.620. The van der Waals surface area contributed by atoms with Crippen LogP contribution in [-0.4, -0.2) is 45.5 Å². The predicted molar refractivity (Wildman–Crippen MR) is 125 cm³/mol. The number of hydrogen-bond acceptors (Lipinski definition) is 5. The lowest BCUT2D eigenvalue weighted by Crippen LogP contribution is -2.35.